The van der Waals surface area contributed by atoms with Crippen LogP contribution >= 0.6 is 0 Å². The molecule has 1 aromatic heterocycles. The lowest BCUT2D eigenvalue weighted by Gasteiger charge is -2.28. The van der Waals surface area contributed by atoms with Crippen LogP contribution in [0.2, 0.25) is 0 Å². The standard InChI is InChI=1S/C11H18N2O2/c1-8(2)11(3,10(14)15)7-9-5-6-13(4)12-9/h5-6,8H,7H2,1-4H3,(H,14,15). The Morgan fingerprint density at radius 1 is 1.67 bits per heavy atom. The first-order valence-electron chi connectivity index (χ1n) is 5.08. The molecule has 0 spiro atoms. The van der Waals surface area contributed by atoms with E-state index >= 15 is 0 Å². The molecular formula is C11H18N2O2. The first-order chi connectivity index (χ1) is 6.86. The summed E-state index contributed by atoms with van der Waals surface area (Å²) >= 11 is 0. The van der Waals surface area contributed by atoms with Gasteiger partial charge in [-0.2, -0.15) is 5.10 Å². The van der Waals surface area contributed by atoms with E-state index in [2.05, 4.69) is 5.10 Å². The third-order valence-corrected chi connectivity index (χ3v) is 3.08. The zero-order valence-corrected chi connectivity index (χ0v) is 9.69. The molecule has 84 valence electrons. The first kappa shape index (κ1) is 11.8. The van der Waals surface area contributed by atoms with E-state index in [-0.39, 0.29) is 5.92 Å². The lowest BCUT2D eigenvalue weighted by atomic mass is 9.75. The Kier molecular flexibility index (Phi) is 3.17. The second-order valence-electron chi connectivity index (χ2n) is 4.53. The largest absolute Gasteiger partial charge is 0.481 e. The number of rotatable bonds is 4. The Bertz CT molecular complexity index is 357. The molecule has 0 bridgehead atoms. The van der Waals surface area contributed by atoms with Crippen molar-refractivity contribution in [3.8, 4) is 0 Å². The van der Waals surface area contributed by atoms with Crippen LogP contribution in [0.1, 0.15) is 26.5 Å². The average Bonchev–Trinajstić information content (AvgIpc) is 2.50. The molecule has 1 aromatic rings. The summed E-state index contributed by atoms with van der Waals surface area (Å²) in [6.45, 7) is 5.63. The van der Waals surface area contributed by atoms with Crippen LogP contribution in [0.25, 0.3) is 0 Å². The topological polar surface area (TPSA) is 55.1 Å². The molecule has 1 rings (SSSR count). The van der Waals surface area contributed by atoms with Crippen molar-refractivity contribution >= 4 is 5.97 Å². The van der Waals surface area contributed by atoms with Crippen molar-refractivity contribution in [3.63, 3.8) is 0 Å². The Morgan fingerprint density at radius 2 is 2.27 bits per heavy atom. The molecule has 0 saturated carbocycles. The molecule has 4 nitrogen and oxygen atoms in total. The molecule has 0 aromatic carbocycles. The third-order valence-electron chi connectivity index (χ3n) is 3.08. The monoisotopic (exact) mass is 210 g/mol. The molecule has 1 unspecified atom stereocenters. The van der Waals surface area contributed by atoms with Crippen LogP contribution in [0.5, 0.6) is 0 Å². The molecule has 1 N–H and O–H groups in total. The number of aryl methyl sites for hydroxylation is 1. The zero-order valence-electron chi connectivity index (χ0n) is 9.69. The van der Waals surface area contributed by atoms with Crippen molar-refractivity contribution in [1.82, 2.24) is 9.78 Å². The molecule has 1 atom stereocenters. The lowest BCUT2D eigenvalue weighted by Crippen LogP contribution is -2.35. The van der Waals surface area contributed by atoms with Crippen LogP contribution < -0.4 is 0 Å². The maximum Gasteiger partial charge on any atom is 0.310 e. The predicted molar refractivity (Wildman–Crippen MR) is 57.5 cm³/mol. The number of hydrogen-bond acceptors (Lipinski definition) is 2. The molecule has 0 aliphatic heterocycles. The highest BCUT2D eigenvalue weighted by atomic mass is 16.4. The van der Waals surface area contributed by atoms with Crippen molar-refractivity contribution in [3.05, 3.63) is 18.0 Å². The van der Waals surface area contributed by atoms with Crippen molar-refractivity contribution in [2.45, 2.75) is 27.2 Å². The van der Waals surface area contributed by atoms with Gasteiger partial charge in [0.05, 0.1) is 11.1 Å². The van der Waals surface area contributed by atoms with Gasteiger partial charge in [-0.1, -0.05) is 13.8 Å². The third kappa shape index (κ3) is 2.37. The molecular weight excluding hydrogens is 192 g/mol. The number of carbonyl (C=O) groups is 1. The normalized spacial score (nSPS) is 15.3. The fourth-order valence-corrected chi connectivity index (χ4v) is 1.46. The van der Waals surface area contributed by atoms with E-state index in [1.165, 1.54) is 0 Å². The average molecular weight is 210 g/mol. The minimum absolute atomic E-state index is 0.0806. The Labute approximate surface area is 89.9 Å². The summed E-state index contributed by atoms with van der Waals surface area (Å²) in [6.07, 6.45) is 2.30. The van der Waals surface area contributed by atoms with Gasteiger partial charge in [0.2, 0.25) is 0 Å². The van der Waals surface area contributed by atoms with Gasteiger partial charge in [0.1, 0.15) is 0 Å². The highest BCUT2D eigenvalue weighted by molar-refractivity contribution is 5.74. The van der Waals surface area contributed by atoms with Gasteiger partial charge in [-0.3, -0.25) is 9.48 Å². The highest BCUT2D eigenvalue weighted by Crippen LogP contribution is 2.31. The van der Waals surface area contributed by atoms with E-state index in [1.54, 1.807) is 11.6 Å². The lowest BCUT2D eigenvalue weighted by molar-refractivity contribution is -0.150. The van der Waals surface area contributed by atoms with Crippen LogP contribution in [0.3, 0.4) is 0 Å². The molecule has 15 heavy (non-hydrogen) atoms. The van der Waals surface area contributed by atoms with Crippen molar-refractivity contribution in [2.75, 3.05) is 0 Å². The van der Waals surface area contributed by atoms with Gasteiger partial charge < -0.3 is 5.11 Å². The van der Waals surface area contributed by atoms with E-state index in [0.717, 1.165) is 5.69 Å². The maximum absolute atomic E-state index is 11.2. The molecule has 4 heteroatoms. The van der Waals surface area contributed by atoms with Crippen molar-refractivity contribution in [1.29, 1.82) is 0 Å². The summed E-state index contributed by atoms with van der Waals surface area (Å²) in [6, 6.07) is 1.86. The number of hydrogen-bond donors (Lipinski definition) is 1. The van der Waals surface area contributed by atoms with Crippen molar-refractivity contribution < 1.29 is 9.90 Å². The van der Waals surface area contributed by atoms with Crippen molar-refractivity contribution in [2.24, 2.45) is 18.4 Å². The summed E-state index contributed by atoms with van der Waals surface area (Å²) in [7, 11) is 1.83. The summed E-state index contributed by atoms with van der Waals surface area (Å²) < 4.78 is 1.69. The van der Waals surface area contributed by atoms with E-state index in [9.17, 15) is 9.90 Å². The number of carboxylic acids is 1. The van der Waals surface area contributed by atoms with Gasteiger partial charge in [0.15, 0.2) is 0 Å². The summed E-state index contributed by atoms with van der Waals surface area (Å²) in [5.74, 6) is -0.680. The molecule has 0 saturated heterocycles. The van der Waals surface area contributed by atoms with E-state index < -0.39 is 11.4 Å². The Hall–Kier alpha value is -1.32. The Balaban J connectivity index is 2.89. The van der Waals surface area contributed by atoms with E-state index in [4.69, 9.17) is 0 Å². The predicted octanol–water partition coefficient (Wildman–Crippen LogP) is 1.71. The maximum atomic E-state index is 11.2. The smallest absolute Gasteiger partial charge is 0.310 e. The molecule has 0 amide bonds. The van der Waals surface area contributed by atoms with Gasteiger partial charge in [0.25, 0.3) is 0 Å². The molecule has 0 aliphatic carbocycles. The number of aliphatic carboxylic acids is 1. The summed E-state index contributed by atoms with van der Waals surface area (Å²) in [5, 5.41) is 13.5. The van der Waals surface area contributed by atoms with Crippen LogP contribution in [0.4, 0.5) is 0 Å². The van der Waals surface area contributed by atoms with Crippen LogP contribution in [-0.4, -0.2) is 20.9 Å². The SMILES string of the molecule is CC(C)C(C)(Cc1ccn(C)n1)C(=O)O. The van der Waals surface area contributed by atoms with Gasteiger partial charge in [0, 0.05) is 19.7 Å². The second-order valence-corrected chi connectivity index (χ2v) is 4.53. The second kappa shape index (κ2) is 4.04. The highest BCUT2D eigenvalue weighted by Gasteiger charge is 2.37. The van der Waals surface area contributed by atoms with Gasteiger partial charge in [-0.15, -0.1) is 0 Å². The molecule has 0 fully saturated rings. The van der Waals surface area contributed by atoms with Gasteiger partial charge >= 0.3 is 5.97 Å². The Morgan fingerprint density at radius 3 is 2.60 bits per heavy atom. The van der Waals surface area contributed by atoms with E-state index in [0.29, 0.717) is 6.42 Å². The van der Waals surface area contributed by atoms with Gasteiger partial charge in [-0.05, 0) is 18.9 Å². The minimum Gasteiger partial charge on any atom is -0.481 e. The summed E-state index contributed by atoms with van der Waals surface area (Å²) in [4.78, 5) is 11.2. The molecule has 0 aliphatic rings. The van der Waals surface area contributed by atoms with E-state index in [1.807, 2.05) is 33.2 Å². The zero-order chi connectivity index (χ0) is 11.6. The number of nitrogens with zero attached hydrogens (tertiary/aromatic N) is 2. The first-order valence-corrected chi connectivity index (χ1v) is 5.08. The van der Waals surface area contributed by atoms with Crippen LogP contribution in [-0.2, 0) is 18.3 Å². The molecule has 0 radical (unpaired) electrons. The van der Waals surface area contributed by atoms with Crippen LogP contribution in [0.15, 0.2) is 12.3 Å². The quantitative estimate of drug-likeness (QED) is 0.823. The van der Waals surface area contributed by atoms with Gasteiger partial charge in [-0.25, -0.2) is 0 Å². The summed E-state index contributed by atoms with van der Waals surface area (Å²) in [5.41, 5.74) is 0.0880. The fraction of sp³-hybridized carbons (Fsp3) is 0.636. The molecule has 1 heterocycles. The minimum atomic E-state index is -0.761. The van der Waals surface area contributed by atoms with Crippen LogP contribution in [0, 0.1) is 11.3 Å². The fourth-order valence-electron chi connectivity index (χ4n) is 1.46. The number of carboxylic acid groups (broad SMARTS) is 1. The number of aromatic nitrogens is 2.